The van der Waals surface area contributed by atoms with Crippen molar-refractivity contribution in [2.45, 2.75) is 19.4 Å². The van der Waals surface area contributed by atoms with Gasteiger partial charge in [0.15, 0.2) is 0 Å². The molecule has 3 heteroatoms. The summed E-state index contributed by atoms with van der Waals surface area (Å²) in [5.41, 5.74) is 0. The summed E-state index contributed by atoms with van der Waals surface area (Å²) >= 11 is 0. The summed E-state index contributed by atoms with van der Waals surface area (Å²) in [6, 6.07) is 0.0133. The van der Waals surface area contributed by atoms with Crippen LogP contribution in [0.5, 0.6) is 0 Å². The molecule has 0 rings (SSSR count). The molecule has 0 saturated carbocycles. The van der Waals surface area contributed by atoms with E-state index in [0.29, 0.717) is 0 Å². The molecule has 3 nitrogen and oxygen atoms in total. The molecule has 0 aliphatic rings. The highest BCUT2D eigenvalue weighted by atomic mass is 16.4. The van der Waals surface area contributed by atoms with Crippen molar-refractivity contribution in [3.63, 3.8) is 0 Å². The number of carboxylic acid groups (broad SMARTS) is 1. The van der Waals surface area contributed by atoms with E-state index in [1.54, 1.807) is 6.08 Å². The zero-order valence-corrected chi connectivity index (χ0v) is 5.95. The van der Waals surface area contributed by atoms with Gasteiger partial charge in [-0.25, -0.2) is 0 Å². The minimum atomic E-state index is -0.861. The molecule has 10 heavy (non-hydrogen) atoms. The van der Waals surface area contributed by atoms with Crippen LogP contribution in [0.1, 0.15) is 13.3 Å². The lowest BCUT2D eigenvalue weighted by Crippen LogP contribution is -1.97. The molecule has 0 spiro atoms. The number of aliphatic imine (C=N–C) groups is 1. The third-order valence-corrected chi connectivity index (χ3v) is 0.948. The molecule has 0 heterocycles. The van der Waals surface area contributed by atoms with Crippen LogP contribution >= 0.6 is 0 Å². The number of nitrogens with zero attached hydrogens (tertiary/aromatic N) is 1. The van der Waals surface area contributed by atoms with Gasteiger partial charge in [-0.3, -0.25) is 9.79 Å². The van der Waals surface area contributed by atoms with Crippen LogP contribution in [0.25, 0.3) is 0 Å². The van der Waals surface area contributed by atoms with E-state index in [2.05, 4.69) is 11.6 Å². The summed E-state index contributed by atoms with van der Waals surface area (Å²) in [7, 11) is 0. The molecule has 56 valence electrons. The van der Waals surface area contributed by atoms with Crippen LogP contribution in [0.15, 0.2) is 17.6 Å². The van der Waals surface area contributed by atoms with E-state index in [4.69, 9.17) is 5.11 Å². The molecule has 0 aromatic rings. The number of carbonyl (C=O) groups is 1. The first-order valence-corrected chi connectivity index (χ1v) is 3.02. The minimum absolute atomic E-state index is 0.0133. The third kappa shape index (κ3) is 5.03. The summed E-state index contributed by atoms with van der Waals surface area (Å²) in [5.74, 6) is -0.861. The summed E-state index contributed by atoms with van der Waals surface area (Å²) in [4.78, 5) is 13.8. The molecule has 0 bridgehead atoms. The second kappa shape index (κ2) is 4.73. The van der Waals surface area contributed by atoms with Crippen LogP contribution in [0.4, 0.5) is 0 Å². The van der Waals surface area contributed by atoms with E-state index in [1.807, 2.05) is 6.92 Å². The van der Waals surface area contributed by atoms with Crippen LogP contribution < -0.4 is 0 Å². The number of hydrogen-bond acceptors (Lipinski definition) is 2. The van der Waals surface area contributed by atoms with Gasteiger partial charge in [0.25, 0.3) is 0 Å². The molecule has 0 saturated heterocycles. The lowest BCUT2D eigenvalue weighted by Gasteiger charge is -1.93. The fraction of sp³-hybridized carbons (Fsp3) is 0.429. The Balaban J connectivity index is 3.55. The van der Waals surface area contributed by atoms with Gasteiger partial charge in [0.2, 0.25) is 0 Å². The average molecular weight is 141 g/mol. The maximum atomic E-state index is 9.95. The van der Waals surface area contributed by atoms with Crippen LogP contribution in [0.2, 0.25) is 0 Å². The van der Waals surface area contributed by atoms with E-state index < -0.39 is 5.97 Å². The van der Waals surface area contributed by atoms with Crippen molar-refractivity contribution in [2.24, 2.45) is 4.99 Å². The summed E-state index contributed by atoms with van der Waals surface area (Å²) < 4.78 is 0. The van der Waals surface area contributed by atoms with E-state index in [9.17, 15) is 4.79 Å². The van der Waals surface area contributed by atoms with Gasteiger partial charge in [-0.1, -0.05) is 6.08 Å². The van der Waals surface area contributed by atoms with Gasteiger partial charge in [0, 0.05) is 6.21 Å². The quantitative estimate of drug-likeness (QED) is 0.471. The molecule has 0 aromatic heterocycles. The first-order valence-electron chi connectivity index (χ1n) is 3.02. The molecule has 1 N–H and O–H groups in total. The van der Waals surface area contributed by atoms with E-state index in [-0.39, 0.29) is 12.5 Å². The Morgan fingerprint density at radius 2 is 2.50 bits per heavy atom. The lowest BCUT2D eigenvalue weighted by atomic mass is 10.3. The fourth-order valence-electron chi connectivity index (χ4n) is 0.358. The topological polar surface area (TPSA) is 49.7 Å². The fourth-order valence-corrected chi connectivity index (χ4v) is 0.358. The van der Waals surface area contributed by atoms with Crippen molar-refractivity contribution in [1.29, 1.82) is 0 Å². The van der Waals surface area contributed by atoms with E-state index in [1.165, 1.54) is 6.21 Å². The first-order chi connectivity index (χ1) is 4.66. The number of aliphatic carboxylic acids is 1. The molecule has 0 radical (unpaired) electrons. The summed E-state index contributed by atoms with van der Waals surface area (Å²) in [6.07, 6.45) is 3.02. The van der Waals surface area contributed by atoms with Crippen LogP contribution in [0.3, 0.4) is 0 Å². The van der Waals surface area contributed by atoms with Crippen molar-refractivity contribution >= 4 is 12.2 Å². The van der Waals surface area contributed by atoms with Crippen LogP contribution in [-0.4, -0.2) is 23.3 Å². The Hall–Kier alpha value is -1.12. The molecule has 0 aliphatic heterocycles. The Morgan fingerprint density at radius 3 is 2.90 bits per heavy atom. The van der Waals surface area contributed by atoms with Gasteiger partial charge in [0.1, 0.15) is 0 Å². The second-order valence-corrected chi connectivity index (χ2v) is 1.91. The van der Waals surface area contributed by atoms with Gasteiger partial charge >= 0.3 is 5.97 Å². The molecule has 1 unspecified atom stereocenters. The molecule has 0 aliphatic carbocycles. The normalized spacial score (nSPS) is 13.3. The van der Waals surface area contributed by atoms with Gasteiger partial charge in [-0.2, -0.15) is 0 Å². The van der Waals surface area contributed by atoms with Crippen LogP contribution in [0, 0.1) is 0 Å². The largest absolute Gasteiger partial charge is 0.481 e. The highest BCUT2D eigenvalue weighted by molar-refractivity contribution is 5.84. The van der Waals surface area contributed by atoms with E-state index >= 15 is 0 Å². The highest BCUT2D eigenvalue weighted by Gasteiger charge is 1.91. The molecule has 1 atom stereocenters. The predicted molar refractivity (Wildman–Crippen MR) is 40.4 cm³/mol. The standard InChI is InChI=1S/C7H11NO2/c1-3-6(2)8-5-4-7(9)10/h3,5-6H,1,4H2,2H3,(H,9,10). The number of rotatable bonds is 4. The molecule has 0 amide bonds. The molecular formula is C7H11NO2. The molecule has 0 aromatic carbocycles. The van der Waals surface area contributed by atoms with Crippen LogP contribution in [-0.2, 0) is 4.79 Å². The van der Waals surface area contributed by atoms with Gasteiger partial charge in [-0.05, 0) is 6.92 Å². The molecule has 0 fully saturated rings. The summed E-state index contributed by atoms with van der Waals surface area (Å²) in [6.45, 7) is 5.34. The lowest BCUT2D eigenvalue weighted by molar-refractivity contribution is -0.135. The van der Waals surface area contributed by atoms with Crippen molar-refractivity contribution in [3.8, 4) is 0 Å². The van der Waals surface area contributed by atoms with Gasteiger partial charge < -0.3 is 5.11 Å². The SMILES string of the molecule is C=CC(C)N=CCC(=O)O. The second-order valence-electron chi connectivity index (χ2n) is 1.91. The smallest absolute Gasteiger partial charge is 0.308 e. The number of carboxylic acids is 1. The van der Waals surface area contributed by atoms with Crippen molar-refractivity contribution in [3.05, 3.63) is 12.7 Å². The Kier molecular flexibility index (Phi) is 4.20. The Bertz CT molecular complexity index is 152. The maximum absolute atomic E-state index is 9.95. The maximum Gasteiger partial charge on any atom is 0.308 e. The average Bonchev–Trinajstić information content (AvgIpc) is 1.87. The highest BCUT2D eigenvalue weighted by Crippen LogP contribution is 1.87. The van der Waals surface area contributed by atoms with E-state index in [0.717, 1.165) is 0 Å². The Labute approximate surface area is 60.1 Å². The van der Waals surface area contributed by atoms with Crippen molar-refractivity contribution in [1.82, 2.24) is 0 Å². The Morgan fingerprint density at radius 1 is 1.90 bits per heavy atom. The number of hydrogen-bond donors (Lipinski definition) is 1. The first kappa shape index (κ1) is 8.88. The summed E-state index contributed by atoms with van der Waals surface area (Å²) in [5, 5.41) is 8.18. The van der Waals surface area contributed by atoms with Crippen molar-refractivity contribution in [2.75, 3.05) is 0 Å². The monoisotopic (exact) mass is 141 g/mol. The molecular weight excluding hydrogens is 130 g/mol. The minimum Gasteiger partial charge on any atom is -0.481 e. The predicted octanol–water partition coefficient (Wildman–Crippen LogP) is 1.11. The van der Waals surface area contributed by atoms with Gasteiger partial charge in [0.05, 0.1) is 12.5 Å². The van der Waals surface area contributed by atoms with Gasteiger partial charge in [-0.15, -0.1) is 6.58 Å². The zero-order chi connectivity index (χ0) is 7.98. The zero-order valence-electron chi connectivity index (χ0n) is 5.95. The van der Waals surface area contributed by atoms with Crippen molar-refractivity contribution < 1.29 is 9.90 Å². The third-order valence-electron chi connectivity index (χ3n) is 0.948.